The Kier molecular flexibility index (Phi) is 7.29. The van der Waals surface area contributed by atoms with E-state index < -0.39 is 16.1 Å². The second-order valence-corrected chi connectivity index (χ2v) is 9.82. The van der Waals surface area contributed by atoms with Crippen molar-refractivity contribution in [2.24, 2.45) is 0 Å². The number of carbonyl (C=O) groups excluding carboxylic acids is 2. The summed E-state index contributed by atoms with van der Waals surface area (Å²) in [5, 5.41) is 5.65. The van der Waals surface area contributed by atoms with E-state index in [4.69, 9.17) is 4.74 Å². The first kappa shape index (κ1) is 22.8. The number of ether oxygens (including phenoxy) is 1. The molecule has 2 atom stereocenters. The number of hydrogen-bond donors (Lipinski definition) is 2. The van der Waals surface area contributed by atoms with Gasteiger partial charge in [-0.25, -0.2) is 17.5 Å². The molecule has 1 fully saturated rings. The number of nitrogens with zero attached hydrogens (tertiary/aromatic N) is 1. The monoisotopic (exact) mass is 445 g/mol. The van der Waals surface area contributed by atoms with E-state index in [1.54, 1.807) is 12.1 Å². The number of anilines is 1. The van der Waals surface area contributed by atoms with E-state index in [2.05, 4.69) is 10.6 Å². The van der Waals surface area contributed by atoms with E-state index in [-0.39, 0.29) is 22.9 Å². The van der Waals surface area contributed by atoms with Crippen LogP contribution in [0.15, 0.2) is 59.5 Å². The van der Waals surface area contributed by atoms with Gasteiger partial charge in [-0.05, 0) is 55.7 Å². The lowest BCUT2D eigenvalue weighted by Gasteiger charge is -2.29. The third kappa shape index (κ3) is 6.05. The highest BCUT2D eigenvalue weighted by Gasteiger charge is 2.26. The molecule has 1 saturated carbocycles. The number of carbonyl (C=O) groups is 2. The summed E-state index contributed by atoms with van der Waals surface area (Å²) in [6, 6.07) is 14.8. The van der Waals surface area contributed by atoms with Crippen molar-refractivity contribution in [3.05, 3.63) is 60.2 Å². The third-order valence-corrected chi connectivity index (χ3v) is 6.98. The predicted octanol–water partition coefficient (Wildman–Crippen LogP) is 3.23. The zero-order valence-corrected chi connectivity index (χ0v) is 18.4. The van der Waals surface area contributed by atoms with Crippen molar-refractivity contribution >= 4 is 27.7 Å². The fraction of sp³-hybridized carbons (Fsp3) is 0.364. The molecule has 2 aromatic rings. The topological polar surface area (TPSA) is 105 Å². The maximum Gasteiger partial charge on any atom is 0.411 e. The molecule has 0 saturated heterocycles. The average molecular weight is 446 g/mol. The van der Waals surface area contributed by atoms with Gasteiger partial charge in [-0.15, -0.1) is 0 Å². The van der Waals surface area contributed by atoms with Gasteiger partial charge in [0, 0.05) is 37.8 Å². The van der Waals surface area contributed by atoms with Crippen LogP contribution in [0.25, 0.3) is 0 Å². The number of para-hydroxylation sites is 1. The zero-order chi connectivity index (χ0) is 22.4. The lowest BCUT2D eigenvalue weighted by molar-refractivity contribution is 0.0712. The number of rotatable bonds is 6. The van der Waals surface area contributed by atoms with Crippen molar-refractivity contribution in [1.82, 2.24) is 9.62 Å². The molecular weight excluding hydrogens is 418 g/mol. The van der Waals surface area contributed by atoms with Crippen LogP contribution in [0.2, 0.25) is 0 Å². The fourth-order valence-corrected chi connectivity index (χ4v) is 4.36. The Balaban J connectivity index is 1.54. The minimum absolute atomic E-state index is 0.124. The Hall–Kier alpha value is -2.91. The Morgan fingerprint density at radius 2 is 1.68 bits per heavy atom. The number of nitrogens with one attached hydrogen (secondary N) is 2. The van der Waals surface area contributed by atoms with Crippen LogP contribution in [0.5, 0.6) is 0 Å². The van der Waals surface area contributed by atoms with E-state index >= 15 is 0 Å². The number of sulfonamides is 1. The van der Waals surface area contributed by atoms with Gasteiger partial charge in [0.1, 0.15) is 6.10 Å². The molecule has 0 radical (unpaired) electrons. The van der Waals surface area contributed by atoms with Gasteiger partial charge in [0.15, 0.2) is 0 Å². The van der Waals surface area contributed by atoms with Crippen molar-refractivity contribution in [3.8, 4) is 0 Å². The lowest BCUT2D eigenvalue weighted by atomic mass is 9.92. The first-order valence-electron chi connectivity index (χ1n) is 10.1. The number of benzene rings is 2. The summed E-state index contributed by atoms with van der Waals surface area (Å²) >= 11 is 0. The minimum atomic E-state index is -3.54. The van der Waals surface area contributed by atoms with E-state index in [1.165, 1.54) is 38.4 Å². The van der Waals surface area contributed by atoms with Crippen LogP contribution in [0.1, 0.15) is 36.0 Å². The molecule has 166 valence electrons. The van der Waals surface area contributed by atoms with Gasteiger partial charge in [-0.3, -0.25) is 10.1 Å². The van der Waals surface area contributed by atoms with Gasteiger partial charge in [0.05, 0.1) is 4.90 Å². The standard InChI is InChI=1S/C22H27N3O5S/c1-25(2)31(28,29)20-13-11-16(12-14-20)21(26)23-18-9-6-10-19(15-18)30-22(27)24-17-7-4-3-5-8-17/h3-5,7-8,11-14,18-19H,6,9-10,15H2,1-2H3,(H,23,26)(H,24,27)/t18-,19+/m0/s1. The van der Waals surface area contributed by atoms with Gasteiger partial charge in [0.2, 0.25) is 10.0 Å². The van der Waals surface area contributed by atoms with Crippen LogP contribution in [0, 0.1) is 0 Å². The number of hydrogen-bond acceptors (Lipinski definition) is 5. The molecule has 2 N–H and O–H groups in total. The van der Waals surface area contributed by atoms with Crippen molar-refractivity contribution in [2.45, 2.75) is 42.7 Å². The molecule has 1 aliphatic rings. The smallest absolute Gasteiger partial charge is 0.411 e. The van der Waals surface area contributed by atoms with Gasteiger partial charge in [-0.2, -0.15) is 0 Å². The van der Waals surface area contributed by atoms with Crippen LogP contribution >= 0.6 is 0 Å². The Labute approximate surface area is 182 Å². The summed E-state index contributed by atoms with van der Waals surface area (Å²) in [6.07, 6.45) is 2.09. The summed E-state index contributed by atoms with van der Waals surface area (Å²) in [6.45, 7) is 0. The fourth-order valence-electron chi connectivity index (χ4n) is 3.46. The molecule has 0 spiro atoms. The normalized spacial score (nSPS) is 18.9. The van der Waals surface area contributed by atoms with Crippen LogP contribution in [-0.2, 0) is 14.8 Å². The Morgan fingerprint density at radius 3 is 2.32 bits per heavy atom. The molecule has 3 rings (SSSR count). The maximum absolute atomic E-state index is 12.6. The molecule has 31 heavy (non-hydrogen) atoms. The molecule has 0 unspecified atom stereocenters. The van der Waals surface area contributed by atoms with Gasteiger partial charge in [0.25, 0.3) is 5.91 Å². The van der Waals surface area contributed by atoms with Crippen LogP contribution in [-0.4, -0.2) is 51.0 Å². The summed E-state index contributed by atoms with van der Waals surface area (Å²) in [7, 11) is -0.629. The van der Waals surface area contributed by atoms with E-state index in [0.29, 0.717) is 17.7 Å². The van der Waals surface area contributed by atoms with Crippen molar-refractivity contribution in [2.75, 3.05) is 19.4 Å². The van der Waals surface area contributed by atoms with Crippen molar-refractivity contribution in [1.29, 1.82) is 0 Å². The third-order valence-electron chi connectivity index (χ3n) is 5.15. The van der Waals surface area contributed by atoms with Crippen LogP contribution in [0.3, 0.4) is 0 Å². The van der Waals surface area contributed by atoms with Gasteiger partial charge >= 0.3 is 6.09 Å². The highest BCUT2D eigenvalue weighted by molar-refractivity contribution is 7.89. The van der Waals surface area contributed by atoms with Gasteiger partial charge < -0.3 is 10.1 Å². The summed E-state index contributed by atoms with van der Waals surface area (Å²) in [5.74, 6) is -0.284. The first-order valence-corrected chi connectivity index (χ1v) is 11.6. The Morgan fingerprint density at radius 1 is 1.00 bits per heavy atom. The highest BCUT2D eigenvalue weighted by Crippen LogP contribution is 2.22. The first-order chi connectivity index (χ1) is 14.8. The predicted molar refractivity (Wildman–Crippen MR) is 117 cm³/mol. The summed E-state index contributed by atoms with van der Waals surface area (Å²) in [4.78, 5) is 24.8. The lowest BCUT2D eigenvalue weighted by Crippen LogP contribution is -2.41. The Bertz CT molecular complexity index is 1010. The quantitative estimate of drug-likeness (QED) is 0.710. The highest BCUT2D eigenvalue weighted by atomic mass is 32.2. The zero-order valence-electron chi connectivity index (χ0n) is 17.6. The minimum Gasteiger partial charge on any atom is -0.446 e. The second kappa shape index (κ2) is 9.93. The van der Waals surface area contributed by atoms with Crippen molar-refractivity contribution < 1.29 is 22.7 Å². The summed E-state index contributed by atoms with van der Waals surface area (Å²) in [5.41, 5.74) is 1.04. The molecule has 2 aromatic carbocycles. The van der Waals surface area contributed by atoms with E-state index in [1.807, 2.05) is 18.2 Å². The molecule has 0 heterocycles. The molecule has 8 nitrogen and oxygen atoms in total. The molecule has 0 aliphatic heterocycles. The molecular formula is C22H27N3O5S. The van der Waals surface area contributed by atoms with Crippen LogP contribution in [0.4, 0.5) is 10.5 Å². The van der Waals surface area contributed by atoms with Gasteiger partial charge in [-0.1, -0.05) is 18.2 Å². The van der Waals surface area contributed by atoms with E-state index in [0.717, 1.165) is 23.6 Å². The average Bonchev–Trinajstić information content (AvgIpc) is 2.74. The largest absolute Gasteiger partial charge is 0.446 e. The van der Waals surface area contributed by atoms with E-state index in [9.17, 15) is 18.0 Å². The van der Waals surface area contributed by atoms with Crippen LogP contribution < -0.4 is 10.6 Å². The maximum atomic E-state index is 12.6. The second-order valence-electron chi connectivity index (χ2n) is 7.67. The molecule has 2 amide bonds. The number of amides is 2. The molecule has 9 heteroatoms. The molecule has 0 aromatic heterocycles. The SMILES string of the molecule is CN(C)S(=O)(=O)c1ccc(C(=O)N[C@H]2CCC[C@@H](OC(=O)Nc3ccccc3)C2)cc1. The molecule has 0 bridgehead atoms. The summed E-state index contributed by atoms with van der Waals surface area (Å²) < 4.78 is 30.9. The molecule has 1 aliphatic carbocycles. The van der Waals surface area contributed by atoms with Crippen molar-refractivity contribution in [3.63, 3.8) is 0 Å².